The van der Waals surface area contributed by atoms with Crippen molar-refractivity contribution in [2.75, 3.05) is 5.32 Å². The molecule has 0 saturated heterocycles. The van der Waals surface area contributed by atoms with E-state index in [1.165, 1.54) is 24.2 Å². The molecule has 112 valence electrons. The lowest BCUT2D eigenvalue weighted by Gasteiger charge is -2.02. The molecule has 5 nitrogen and oxygen atoms in total. The number of amides is 1. The molecular weight excluding hydrogens is 284 g/mol. The van der Waals surface area contributed by atoms with Crippen LogP contribution >= 0.6 is 11.3 Å². The van der Waals surface area contributed by atoms with Crippen molar-refractivity contribution in [3.05, 3.63) is 40.4 Å². The largest absolute Gasteiger partial charge is 0.326 e. The Bertz CT molecular complexity index is 580. The molecule has 1 amide bonds. The van der Waals surface area contributed by atoms with E-state index < -0.39 is 0 Å². The Morgan fingerprint density at radius 3 is 2.67 bits per heavy atom. The van der Waals surface area contributed by atoms with E-state index in [0.29, 0.717) is 17.2 Å². The molecule has 0 aliphatic heterocycles. The summed E-state index contributed by atoms with van der Waals surface area (Å²) in [5.41, 5.74) is 7.13. The molecular formula is C15H20N4OS. The highest BCUT2D eigenvalue weighted by Crippen LogP contribution is 2.18. The Labute approximate surface area is 128 Å². The van der Waals surface area contributed by atoms with Crippen LogP contribution in [-0.2, 0) is 13.0 Å². The van der Waals surface area contributed by atoms with Crippen molar-refractivity contribution in [2.45, 2.75) is 39.2 Å². The Kier molecular flexibility index (Phi) is 5.83. The Balaban J connectivity index is 1.92. The van der Waals surface area contributed by atoms with Gasteiger partial charge in [-0.15, -0.1) is 10.2 Å². The quantitative estimate of drug-likeness (QED) is 0.771. The standard InChI is InChI=1S/C15H20N4OS/c1-2-3-4-5-13-18-19-15(21-13)17-14(20)12-8-6-11(10-16)7-9-12/h6-9H,2-5,10,16H2,1H3,(H,17,19,20). The SMILES string of the molecule is CCCCCc1nnc(NC(=O)c2ccc(CN)cc2)s1. The van der Waals surface area contributed by atoms with Gasteiger partial charge in [0.15, 0.2) is 0 Å². The average molecular weight is 304 g/mol. The number of rotatable bonds is 7. The smallest absolute Gasteiger partial charge is 0.257 e. The van der Waals surface area contributed by atoms with Crippen LogP contribution in [0.4, 0.5) is 5.13 Å². The summed E-state index contributed by atoms with van der Waals surface area (Å²) in [4.78, 5) is 12.1. The summed E-state index contributed by atoms with van der Waals surface area (Å²) >= 11 is 1.44. The van der Waals surface area contributed by atoms with Gasteiger partial charge in [0.2, 0.25) is 5.13 Å². The van der Waals surface area contributed by atoms with Crippen LogP contribution in [0.25, 0.3) is 0 Å². The fraction of sp³-hybridized carbons (Fsp3) is 0.400. The molecule has 0 spiro atoms. The molecule has 0 saturated carbocycles. The number of aryl methyl sites for hydroxylation is 1. The van der Waals surface area contributed by atoms with Gasteiger partial charge in [0.1, 0.15) is 5.01 Å². The second-order valence-corrected chi connectivity index (χ2v) is 5.88. The molecule has 21 heavy (non-hydrogen) atoms. The number of unbranched alkanes of at least 4 members (excludes halogenated alkanes) is 2. The molecule has 2 aromatic rings. The topological polar surface area (TPSA) is 80.9 Å². The maximum absolute atomic E-state index is 12.1. The van der Waals surface area contributed by atoms with Gasteiger partial charge in [0.25, 0.3) is 5.91 Å². The molecule has 1 heterocycles. The number of nitrogens with one attached hydrogen (secondary N) is 1. The van der Waals surface area contributed by atoms with E-state index in [4.69, 9.17) is 5.73 Å². The predicted molar refractivity (Wildman–Crippen MR) is 85.4 cm³/mol. The fourth-order valence-corrected chi connectivity index (χ4v) is 2.67. The molecule has 0 aliphatic rings. The van der Waals surface area contributed by atoms with Crippen molar-refractivity contribution in [1.29, 1.82) is 0 Å². The van der Waals surface area contributed by atoms with Crippen LogP contribution < -0.4 is 11.1 Å². The summed E-state index contributed by atoms with van der Waals surface area (Å²) in [6.07, 6.45) is 4.40. The molecule has 1 aromatic heterocycles. The molecule has 0 unspecified atom stereocenters. The van der Waals surface area contributed by atoms with Crippen LogP contribution in [0.5, 0.6) is 0 Å². The van der Waals surface area contributed by atoms with Crippen LogP contribution in [0.3, 0.4) is 0 Å². The van der Waals surface area contributed by atoms with Crippen molar-refractivity contribution in [3.8, 4) is 0 Å². The first-order valence-electron chi connectivity index (χ1n) is 7.15. The van der Waals surface area contributed by atoms with E-state index in [1.807, 2.05) is 12.1 Å². The fourth-order valence-electron chi connectivity index (χ4n) is 1.89. The van der Waals surface area contributed by atoms with E-state index >= 15 is 0 Å². The van der Waals surface area contributed by atoms with Crippen molar-refractivity contribution in [3.63, 3.8) is 0 Å². The zero-order valence-corrected chi connectivity index (χ0v) is 12.9. The summed E-state index contributed by atoms with van der Waals surface area (Å²) in [7, 11) is 0. The molecule has 1 aromatic carbocycles. The molecule has 0 atom stereocenters. The minimum Gasteiger partial charge on any atom is -0.326 e. The van der Waals surface area contributed by atoms with Crippen LogP contribution in [0.2, 0.25) is 0 Å². The normalized spacial score (nSPS) is 10.6. The maximum atomic E-state index is 12.1. The highest BCUT2D eigenvalue weighted by atomic mass is 32.1. The number of aromatic nitrogens is 2. The first kappa shape index (κ1) is 15.6. The molecule has 0 bridgehead atoms. The number of carbonyl (C=O) groups excluding carboxylic acids is 1. The second kappa shape index (κ2) is 7.85. The lowest BCUT2D eigenvalue weighted by molar-refractivity contribution is 0.102. The Morgan fingerprint density at radius 1 is 1.24 bits per heavy atom. The first-order valence-corrected chi connectivity index (χ1v) is 7.97. The zero-order valence-electron chi connectivity index (χ0n) is 12.1. The van der Waals surface area contributed by atoms with Gasteiger partial charge in [-0.1, -0.05) is 43.2 Å². The van der Waals surface area contributed by atoms with Gasteiger partial charge in [-0.05, 0) is 24.1 Å². The van der Waals surface area contributed by atoms with Gasteiger partial charge in [0.05, 0.1) is 0 Å². The van der Waals surface area contributed by atoms with E-state index in [2.05, 4.69) is 22.4 Å². The minimum atomic E-state index is -0.171. The third-order valence-electron chi connectivity index (χ3n) is 3.13. The van der Waals surface area contributed by atoms with E-state index in [1.54, 1.807) is 12.1 Å². The van der Waals surface area contributed by atoms with Crippen LogP contribution in [-0.4, -0.2) is 16.1 Å². The van der Waals surface area contributed by atoms with Gasteiger partial charge in [-0.25, -0.2) is 0 Å². The molecule has 6 heteroatoms. The Hall–Kier alpha value is -1.79. The molecule has 0 fully saturated rings. The molecule has 3 N–H and O–H groups in total. The van der Waals surface area contributed by atoms with Gasteiger partial charge < -0.3 is 5.73 Å². The van der Waals surface area contributed by atoms with E-state index in [9.17, 15) is 4.79 Å². The number of nitrogens with two attached hydrogens (primary N) is 1. The lowest BCUT2D eigenvalue weighted by Crippen LogP contribution is -2.11. The summed E-state index contributed by atoms with van der Waals surface area (Å²) < 4.78 is 0. The van der Waals surface area contributed by atoms with Gasteiger partial charge in [-0.2, -0.15) is 0 Å². The highest BCUT2D eigenvalue weighted by Gasteiger charge is 2.10. The first-order chi connectivity index (χ1) is 10.2. The van der Waals surface area contributed by atoms with Crippen LogP contribution in [0.1, 0.15) is 47.1 Å². The number of anilines is 1. The summed E-state index contributed by atoms with van der Waals surface area (Å²) in [6, 6.07) is 7.23. The highest BCUT2D eigenvalue weighted by molar-refractivity contribution is 7.15. The number of nitrogens with zero attached hydrogens (tertiary/aromatic N) is 2. The van der Waals surface area contributed by atoms with Crippen molar-refractivity contribution in [1.82, 2.24) is 10.2 Å². The van der Waals surface area contributed by atoms with Crippen molar-refractivity contribution >= 4 is 22.4 Å². The van der Waals surface area contributed by atoms with Crippen molar-refractivity contribution < 1.29 is 4.79 Å². The summed E-state index contributed by atoms with van der Waals surface area (Å²) in [5, 5.41) is 12.4. The average Bonchev–Trinajstić information content (AvgIpc) is 2.95. The predicted octanol–water partition coefficient (Wildman–Crippen LogP) is 2.98. The summed E-state index contributed by atoms with van der Waals surface area (Å²) in [5.74, 6) is -0.171. The minimum absolute atomic E-state index is 0.171. The third-order valence-corrected chi connectivity index (χ3v) is 4.03. The van der Waals surface area contributed by atoms with Gasteiger partial charge >= 0.3 is 0 Å². The zero-order chi connectivity index (χ0) is 15.1. The Morgan fingerprint density at radius 2 is 2.00 bits per heavy atom. The van der Waals surface area contributed by atoms with Crippen LogP contribution in [0, 0.1) is 0 Å². The second-order valence-electron chi connectivity index (χ2n) is 4.81. The number of hydrogen-bond donors (Lipinski definition) is 2. The van der Waals surface area contributed by atoms with E-state index in [-0.39, 0.29) is 5.91 Å². The monoisotopic (exact) mass is 304 g/mol. The van der Waals surface area contributed by atoms with E-state index in [0.717, 1.165) is 23.4 Å². The number of benzene rings is 1. The summed E-state index contributed by atoms with van der Waals surface area (Å²) in [6.45, 7) is 2.64. The van der Waals surface area contributed by atoms with Crippen LogP contribution in [0.15, 0.2) is 24.3 Å². The molecule has 0 radical (unpaired) electrons. The van der Waals surface area contributed by atoms with Crippen molar-refractivity contribution in [2.24, 2.45) is 5.73 Å². The number of hydrogen-bond acceptors (Lipinski definition) is 5. The lowest BCUT2D eigenvalue weighted by atomic mass is 10.1. The maximum Gasteiger partial charge on any atom is 0.257 e. The third kappa shape index (κ3) is 4.61. The van der Waals surface area contributed by atoms with Gasteiger partial charge in [-0.3, -0.25) is 10.1 Å². The number of carbonyl (C=O) groups is 1. The molecule has 0 aliphatic carbocycles. The van der Waals surface area contributed by atoms with Gasteiger partial charge in [0, 0.05) is 18.5 Å². The molecule has 2 rings (SSSR count).